The predicted octanol–water partition coefficient (Wildman–Crippen LogP) is 8.45. The summed E-state index contributed by atoms with van der Waals surface area (Å²) in [5.74, 6) is -0.967. The minimum atomic E-state index is -0.484. The molecule has 12 nitrogen and oxygen atoms in total. The van der Waals surface area contributed by atoms with Gasteiger partial charge in [0.15, 0.2) is 22.7 Å². The average Bonchev–Trinajstić information content (AvgIpc) is 3.97. The Bertz CT molecular complexity index is 2750. The topological polar surface area (TPSA) is 144 Å². The monoisotopic (exact) mass is 746 g/mol. The number of aryl methyl sites for hydroxylation is 1. The van der Waals surface area contributed by atoms with E-state index in [0.717, 1.165) is 11.4 Å². The fourth-order valence-corrected chi connectivity index (χ4v) is 6.12. The summed E-state index contributed by atoms with van der Waals surface area (Å²) in [5.41, 5.74) is 7.26. The summed E-state index contributed by atoms with van der Waals surface area (Å²) >= 11 is 11.9. The van der Waals surface area contributed by atoms with Crippen molar-refractivity contribution in [2.24, 2.45) is 0 Å². The Morgan fingerprint density at radius 2 is 1.17 bits per heavy atom. The molecule has 0 aliphatic rings. The van der Waals surface area contributed by atoms with Crippen LogP contribution in [-0.2, 0) is 6.54 Å². The van der Waals surface area contributed by atoms with Crippen molar-refractivity contribution in [3.63, 3.8) is 0 Å². The lowest BCUT2D eigenvalue weighted by molar-refractivity contribution is 0.603. The quantitative estimate of drug-likeness (QED) is 0.165. The van der Waals surface area contributed by atoms with Crippen LogP contribution in [0.1, 0.15) is 38.2 Å². The summed E-state index contributed by atoms with van der Waals surface area (Å²) in [6.07, 6.45) is 6.38. The zero-order valence-corrected chi connectivity index (χ0v) is 29.8. The van der Waals surface area contributed by atoms with Crippen LogP contribution in [-0.4, -0.2) is 48.3 Å². The van der Waals surface area contributed by atoms with Crippen molar-refractivity contribution < 1.29 is 8.78 Å². The van der Waals surface area contributed by atoms with Crippen molar-refractivity contribution in [3.05, 3.63) is 119 Å². The van der Waals surface area contributed by atoms with Gasteiger partial charge in [-0.15, -0.1) is 0 Å². The Labute approximate surface area is 310 Å². The lowest BCUT2D eigenvalue weighted by atomic mass is 10.1. The maximum atomic E-state index is 13.6. The molecule has 0 aliphatic heterocycles. The molecule has 8 rings (SSSR count). The van der Waals surface area contributed by atoms with Crippen LogP contribution in [0.3, 0.4) is 0 Å². The number of rotatable bonds is 6. The maximum Gasteiger partial charge on any atom is 0.162 e. The van der Waals surface area contributed by atoms with Gasteiger partial charge in [-0.1, -0.05) is 23.2 Å². The first-order valence-corrected chi connectivity index (χ1v) is 16.9. The summed E-state index contributed by atoms with van der Waals surface area (Å²) in [6, 6.07) is 20.5. The lowest BCUT2D eigenvalue weighted by Crippen LogP contribution is -2.05. The third kappa shape index (κ3) is 6.46. The first kappa shape index (κ1) is 34.9. The molecule has 2 aromatic carbocycles. The molecule has 0 saturated carbocycles. The second-order valence-electron chi connectivity index (χ2n) is 11.9. The highest BCUT2D eigenvalue weighted by Crippen LogP contribution is 2.35. The molecule has 8 aromatic rings. The molecule has 0 bridgehead atoms. The largest absolute Gasteiger partial charge is 0.329 e. The van der Waals surface area contributed by atoms with E-state index in [1.54, 1.807) is 49.1 Å². The molecule has 0 amide bonds. The number of imidazole rings is 4. The molecule has 6 heterocycles. The minimum absolute atomic E-state index is 0.0299. The van der Waals surface area contributed by atoms with Gasteiger partial charge in [-0.05, 0) is 81.4 Å². The smallest absolute Gasteiger partial charge is 0.162 e. The fraction of sp³-hybridized carbons (Fsp3) is 0.135. The van der Waals surface area contributed by atoms with E-state index in [2.05, 4.69) is 42.3 Å². The Hall–Kier alpha value is -6.48. The van der Waals surface area contributed by atoms with Gasteiger partial charge in [-0.2, -0.15) is 20.7 Å². The van der Waals surface area contributed by atoms with Gasteiger partial charge < -0.3 is 9.13 Å². The summed E-state index contributed by atoms with van der Waals surface area (Å²) in [4.78, 5) is 17.3. The predicted molar refractivity (Wildman–Crippen MR) is 195 cm³/mol. The van der Waals surface area contributed by atoms with Crippen molar-refractivity contribution in [3.8, 4) is 57.4 Å². The molecule has 53 heavy (non-hydrogen) atoms. The highest BCUT2D eigenvalue weighted by molar-refractivity contribution is 6.31. The standard InChI is InChI=1S/C19H14ClFN6.C18H12ClFN6/c1-11(2)26-10-24-18(12-3-4-15(21)14(20)7-12)19(26)16-5-6-17-23-9-13(8-22)27(17)25-16;1-2-25-10-23-17(11-3-4-14(20)13(19)7-11)18(25)15-5-6-16-22-9-12(8-21)26(16)24-15/h3-7,9-11H,1-2H3;3-7,9-10H,2H2,1H3. The van der Waals surface area contributed by atoms with E-state index in [1.807, 2.05) is 42.0 Å². The fourth-order valence-electron chi connectivity index (χ4n) is 5.76. The summed E-state index contributed by atoms with van der Waals surface area (Å²) < 4.78 is 34.0. The zero-order valence-electron chi connectivity index (χ0n) is 28.2. The second kappa shape index (κ2) is 14.3. The molecule has 0 radical (unpaired) electrons. The number of aromatic nitrogens is 10. The Morgan fingerprint density at radius 3 is 1.64 bits per heavy atom. The number of halogens is 4. The molecule has 16 heteroatoms. The summed E-state index contributed by atoms with van der Waals surface area (Å²) in [7, 11) is 0. The highest BCUT2D eigenvalue weighted by atomic mass is 35.5. The Morgan fingerprint density at radius 1 is 0.679 bits per heavy atom. The Balaban J connectivity index is 0.000000164. The maximum absolute atomic E-state index is 13.6. The molecule has 0 atom stereocenters. The Kier molecular flexibility index (Phi) is 9.41. The summed E-state index contributed by atoms with van der Waals surface area (Å²) in [5, 5.41) is 27.7. The van der Waals surface area contributed by atoms with E-state index in [1.165, 1.54) is 33.6 Å². The van der Waals surface area contributed by atoms with Crippen LogP contribution < -0.4 is 0 Å². The van der Waals surface area contributed by atoms with Crippen molar-refractivity contribution >= 4 is 34.5 Å². The van der Waals surface area contributed by atoms with Gasteiger partial charge in [0, 0.05) is 23.7 Å². The lowest BCUT2D eigenvalue weighted by Gasteiger charge is -2.13. The molecule has 0 unspecified atom stereocenters. The number of benzene rings is 2. The van der Waals surface area contributed by atoms with Crippen molar-refractivity contribution in [1.82, 2.24) is 48.3 Å². The van der Waals surface area contributed by atoms with E-state index in [9.17, 15) is 19.3 Å². The number of nitrogens with zero attached hydrogens (tertiary/aromatic N) is 12. The van der Waals surface area contributed by atoms with Gasteiger partial charge >= 0.3 is 0 Å². The first-order valence-electron chi connectivity index (χ1n) is 16.1. The second-order valence-corrected chi connectivity index (χ2v) is 12.7. The molecule has 262 valence electrons. The number of hydrogen-bond acceptors (Lipinski definition) is 8. The SMILES string of the molecule is CC(C)n1cnc(-c2ccc(F)c(Cl)c2)c1-c1ccc2ncc(C#N)n2n1.CCn1cnc(-c2ccc(F)c(Cl)c2)c1-c1ccc2ncc(C#N)n2n1. The van der Waals surface area contributed by atoms with Crippen LogP contribution in [0.2, 0.25) is 10.0 Å². The van der Waals surface area contributed by atoms with Gasteiger partial charge in [0.1, 0.15) is 35.2 Å². The van der Waals surface area contributed by atoms with E-state index in [0.29, 0.717) is 63.1 Å². The third-order valence-electron chi connectivity index (χ3n) is 8.35. The van der Waals surface area contributed by atoms with Crippen LogP contribution in [0.25, 0.3) is 56.6 Å². The number of fused-ring (bicyclic) bond motifs is 2. The van der Waals surface area contributed by atoms with Gasteiger partial charge in [0.25, 0.3) is 0 Å². The van der Waals surface area contributed by atoms with Crippen LogP contribution >= 0.6 is 23.2 Å². The molecule has 6 aromatic heterocycles. The molecule has 0 aliphatic carbocycles. The average molecular weight is 748 g/mol. The van der Waals surface area contributed by atoms with Gasteiger partial charge in [0.2, 0.25) is 0 Å². The summed E-state index contributed by atoms with van der Waals surface area (Å²) in [6.45, 7) is 6.72. The van der Waals surface area contributed by atoms with E-state index < -0.39 is 11.6 Å². The van der Waals surface area contributed by atoms with Gasteiger partial charge in [-0.3, -0.25) is 0 Å². The molecule has 0 spiro atoms. The molecular weight excluding hydrogens is 721 g/mol. The van der Waals surface area contributed by atoms with Crippen molar-refractivity contribution in [2.75, 3.05) is 0 Å². The van der Waals surface area contributed by atoms with Crippen molar-refractivity contribution in [1.29, 1.82) is 10.5 Å². The first-order chi connectivity index (χ1) is 25.6. The van der Waals surface area contributed by atoms with Gasteiger partial charge in [-0.25, -0.2) is 37.7 Å². The molecule has 0 N–H and O–H groups in total. The normalized spacial score (nSPS) is 11.1. The molecule has 0 saturated heterocycles. The minimum Gasteiger partial charge on any atom is -0.329 e. The van der Waals surface area contributed by atoms with Crippen LogP contribution in [0.5, 0.6) is 0 Å². The van der Waals surface area contributed by atoms with Crippen LogP contribution in [0.4, 0.5) is 8.78 Å². The van der Waals surface area contributed by atoms with E-state index in [-0.39, 0.29) is 16.1 Å². The zero-order chi connectivity index (χ0) is 37.4. The third-order valence-corrected chi connectivity index (χ3v) is 8.93. The van der Waals surface area contributed by atoms with E-state index in [4.69, 9.17) is 23.2 Å². The van der Waals surface area contributed by atoms with E-state index >= 15 is 0 Å². The molecule has 0 fully saturated rings. The highest BCUT2D eigenvalue weighted by Gasteiger charge is 2.21. The van der Waals surface area contributed by atoms with Crippen LogP contribution in [0.15, 0.2) is 85.7 Å². The van der Waals surface area contributed by atoms with Gasteiger partial charge in [0.05, 0.1) is 57.9 Å². The number of nitriles is 2. The van der Waals surface area contributed by atoms with Crippen molar-refractivity contribution in [2.45, 2.75) is 33.4 Å². The molecular formula is C37H26Cl2F2N12. The van der Waals surface area contributed by atoms with Crippen LogP contribution in [0, 0.1) is 34.3 Å². The number of hydrogen-bond donors (Lipinski definition) is 0.